The molecular weight excluding hydrogens is 360 g/mol. The average Bonchev–Trinajstić information content (AvgIpc) is 3.09. The van der Waals surface area contributed by atoms with Crippen LogP contribution in [0.1, 0.15) is 42.1 Å². The number of carbonyl (C=O) groups is 2. The van der Waals surface area contributed by atoms with Crippen molar-refractivity contribution < 1.29 is 28.9 Å². The Morgan fingerprint density at radius 3 is 2.61 bits per heavy atom. The monoisotopic (exact) mass is 382 g/mol. The number of rotatable bonds is 6. The second-order valence-electron chi connectivity index (χ2n) is 6.43. The van der Waals surface area contributed by atoms with Crippen LogP contribution in [0.15, 0.2) is 48.5 Å². The van der Waals surface area contributed by atoms with Crippen molar-refractivity contribution in [3.8, 4) is 11.5 Å². The molecule has 0 spiro atoms. The van der Waals surface area contributed by atoms with Gasteiger partial charge in [0.05, 0.1) is 13.7 Å². The maximum absolute atomic E-state index is 12.8. The van der Waals surface area contributed by atoms with Crippen molar-refractivity contribution in [2.24, 2.45) is 0 Å². The number of fused-ring (bicyclic) bond motifs is 1. The molecule has 28 heavy (non-hydrogen) atoms. The molecule has 6 heteroatoms. The number of phenols is 1. The van der Waals surface area contributed by atoms with Crippen LogP contribution in [-0.4, -0.2) is 30.8 Å². The smallest absolute Gasteiger partial charge is 0.330 e. The number of methoxy groups -OCH3 is 1. The molecule has 2 atom stereocenters. The van der Waals surface area contributed by atoms with Crippen LogP contribution in [0.25, 0.3) is 6.08 Å². The summed E-state index contributed by atoms with van der Waals surface area (Å²) in [6, 6.07) is 11.9. The molecule has 0 saturated carbocycles. The Bertz CT molecular complexity index is 884. The number of phenolic OH excluding ortho intramolecular Hbond substituents is 1. The summed E-state index contributed by atoms with van der Waals surface area (Å²) in [4.78, 5) is 24.1. The van der Waals surface area contributed by atoms with Crippen molar-refractivity contribution in [3.05, 3.63) is 65.2 Å². The first-order valence-electron chi connectivity index (χ1n) is 9.05. The molecular formula is C22H22O6. The van der Waals surface area contributed by atoms with Gasteiger partial charge < -0.3 is 19.3 Å². The Balaban J connectivity index is 1.96. The zero-order valence-electron chi connectivity index (χ0n) is 15.8. The van der Waals surface area contributed by atoms with Crippen molar-refractivity contribution in [1.82, 2.24) is 0 Å². The van der Waals surface area contributed by atoms with Crippen LogP contribution >= 0.6 is 0 Å². The van der Waals surface area contributed by atoms with Gasteiger partial charge >= 0.3 is 11.9 Å². The van der Waals surface area contributed by atoms with Crippen LogP contribution in [0.5, 0.6) is 11.5 Å². The van der Waals surface area contributed by atoms with E-state index in [4.69, 9.17) is 9.47 Å². The first kappa shape index (κ1) is 19.5. The maximum Gasteiger partial charge on any atom is 0.330 e. The number of esters is 2. The second kappa shape index (κ2) is 8.61. The van der Waals surface area contributed by atoms with Crippen LogP contribution < -0.4 is 4.74 Å². The zero-order valence-corrected chi connectivity index (χ0v) is 15.8. The molecule has 0 saturated heterocycles. The lowest BCUT2D eigenvalue weighted by Crippen LogP contribution is -2.21. The van der Waals surface area contributed by atoms with E-state index in [0.717, 1.165) is 17.5 Å². The van der Waals surface area contributed by atoms with Gasteiger partial charge in [-0.05, 0) is 47.9 Å². The van der Waals surface area contributed by atoms with Crippen LogP contribution in [0.3, 0.4) is 0 Å². The molecule has 6 nitrogen and oxygen atoms in total. The van der Waals surface area contributed by atoms with E-state index in [1.54, 1.807) is 42.5 Å². The van der Waals surface area contributed by atoms with E-state index < -0.39 is 18.0 Å². The minimum absolute atomic E-state index is 0.139. The summed E-state index contributed by atoms with van der Waals surface area (Å²) < 4.78 is 16.1. The fourth-order valence-corrected chi connectivity index (χ4v) is 3.09. The van der Waals surface area contributed by atoms with Crippen molar-refractivity contribution in [2.75, 3.05) is 13.7 Å². The van der Waals surface area contributed by atoms with Gasteiger partial charge in [0, 0.05) is 11.6 Å². The molecule has 0 aromatic heterocycles. The van der Waals surface area contributed by atoms with Gasteiger partial charge in [-0.15, -0.1) is 0 Å². The number of carbonyl (C=O) groups excluding carboxylic acids is 2. The third-order valence-corrected chi connectivity index (χ3v) is 4.46. The van der Waals surface area contributed by atoms with Crippen molar-refractivity contribution in [1.29, 1.82) is 0 Å². The topological polar surface area (TPSA) is 82.1 Å². The highest BCUT2D eigenvalue weighted by Gasteiger charge is 2.41. The molecule has 0 fully saturated rings. The summed E-state index contributed by atoms with van der Waals surface area (Å²) in [5, 5.41) is 9.55. The van der Waals surface area contributed by atoms with Gasteiger partial charge in [-0.25, -0.2) is 4.79 Å². The number of aromatic hydroxyl groups is 1. The first-order chi connectivity index (χ1) is 13.5. The number of ether oxygens (including phenoxy) is 3. The lowest BCUT2D eigenvalue weighted by atomic mass is 9.90. The van der Waals surface area contributed by atoms with E-state index in [-0.39, 0.29) is 11.7 Å². The third kappa shape index (κ3) is 4.17. The summed E-state index contributed by atoms with van der Waals surface area (Å²) in [6.45, 7) is 2.26. The minimum Gasteiger partial charge on any atom is -0.508 e. The second-order valence-corrected chi connectivity index (χ2v) is 6.43. The van der Waals surface area contributed by atoms with Crippen molar-refractivity contribution in [3.63, 3.8) is 0 Å². The average molecular weight is 382 g/mol. The Kier molecular flexibility index (Phi) is 5.99. The Hall–Kier alpha value is -3.28. The van der Waals surface area contributed by atoms with Gasteiger partial charge in [-0.1, -0.05) is 25.1 Å². The lowest BCUT2D eigenvalue weighted by Gasteiger charge is -2.18. The van der Waals surface area contributed by atoms with E-state index in [1.165, 1.54) is 13.2 Å². The van der Waals surface area contributed by atoms with E-state index in [1.807, 2.05) is 13.0 Å². The summed E-state index contributed by atoms with van der Waals surface area (Å²) in [5.74, 6) is -0.741. The fraction of sp³-hybridized carbons (Fsp3) is 0.273. The number of hydrogen-bond acceptors (Lipinski definition) is 6. The largest absolute Gasteiger partial charge is 0.508 e. The summed E-state index contributed by atoms with van der Waals surface area (Å²) in [5.41, 5.74) is 2.21. The van der Waals surface area contributed by atoms with Crippen molar-refractivity contribution >= 4 is 18.0 Å². The molecule has 1 N–H and O–H groups in total. The lowest BCUT2D eigenvalue weighted by molar-refractivity contribution is -0.147. The SMILES string of the molecule is CCCOC(=O)[C@H]1c2cc(/C=C/C(=O)OC)ccc2O[C@@H]1c1ccc(O)cc1. The molecule has 2 aromatic carbocycles. The maximum atomic E-state index is 12.8. The predicted molar refractivity (Wildman–Crippen MR) is 103 cm³/mol. The molecule has 2 aromatic rings. The van der Waals surface area contributed by atoms with Crippen LogP contribution in [-0.2, 0) is 19.1 Å². The quantitative estimate of drug-likeness (QED) is 0.605. The fourth-order valence-electron chi connectivity index (χ4n) is 3.09. The number of hydrogen-bond donors (Lipinski definition) is 1. The molecule has 0 amide bonds. The highest BCUT2D eigenvalue weighted by molar-refractivity contribution is 5.87. The van der Waals surface area contributed by atoms with Crippen LogP contribution in [0, 0.1) is 0 Å². The highest BCUT2D eigenvalue weighted by Crippen LogP contribution is 2.47. The van der Waals surface area contributed by atoms with Crippen LogP contribution in [0.4, 0.5) is 0 Å². The Morgan fingerprint density at radius 2 is 1.93 bits per heavy atom. The highest BCUT2D eigenvalue weighted by atomic mass is 16.5. The van der Waals surface area contributed by atoms with Gasteiger partial charge in [0.1, 0.15) is 23.5 Å². The van der Waals surface area contributed by atoms with Gasteiger partial charge in [-0.3, -0.25) is 4.79 Å². The normalized spacial score (nSPS) is 17.8. The minimum atomic E-state index is -0.641. The summed E-state index contributed by atoms with van der Waals surface area (Å²) in [7, 11) is 1.31. The van der Waals surface area contributed by atoms with E-state index in [0.29, 0.717) is 17.9 Å². The number of benzene rings is 2. The van der Waals surface area contributed by atoms with E-state index >= 15 is 0 Å². The van der Waals surface area contributed by atoms with Crippen molar-refractivity contribution in [2.45, 2.75) is 25.4 Å². The third-order valence-electron chi connectivity index (χ3n) is 4.46. The molecule has 3 rings (SSSR count). The summed E-state index contributed by atoms with van der Waals surface area (Å²) >= 11 is 0. The van der Waals surface area contributed by atoms with Gasteiger partial charge in [0.15, 0.2) is 0 Å². The van der Waals surface area contributed by atoms with Crippen LogP contribution in [0.2, 0.25) is 0 Å². The molecule has 1 aliphatic rings. The molecule has 0 bridgehead atoms. The van der Waals surface area contributed by atoms with Gasteiger partial charge in [0.25, 0.3) is 0 Å². The van der Waals surface area contributed by atoms with E-state index in [9.17, 15) is 14.7 Å². The molecule has 0 radical (unpaired) electrons. The predicted octanol–water partition coefficient (Wildman–Crippen LogP) is 3.75. The van der Waals surface area contributed by atoms with Gasteiger partial charge in [-0.2, -0.15) is 0 Å². The first-order valence-corrected chi connectivity index (χ1v) is 9.05. The van der Waals surface area contributed by atoms with Gasteiger partial charge in [0.2, 0.25) is 0 Å². The molecule has 146 valence electrons. The molecule has 0 unspecified atom stereocenters. The summed E-state index contributed by atoms with van der Waals surface area (Å²) in [6.07, 6.45) is 3.10. The standard InChI is InChI=1S/C22H22O6/c1-3-12-27-22(25)20-17-13-14(5-11-19(24)26-2)4-10-18(17)28-21(20)15-6-8-16(23)9-7-15/h4-11,13,20-21,23H,3,12H2,1-2H3/b11-5+/t20-,21+/m0/s1. The Labute approximate surface area is 163 Å². The van der Waals surface area contributed by atoms with E-state index in [2.05, 4.69) is 4.74 Å². The molecule has 1 aliphatic heterocycles. The Morgan fingerprint density at radius 1 is 1.18 bits per heavy atom. The zero-order chi connectivity index (χ0) is 20.1. The molecule has 1 heterocycles. The molecule has 0 aliphatic carbocycles.